The van der Waals surface area contributed by atoms with Crippen molar-refractivity contribution >= 4 is 32.9 Å². The maximum absolute atomic E-state index is 13.7. The van der Waals surface area contributed by atoms with Gasteiger partial charge in [0, 0.05) is 25.7 Å². The molecule has 0 N–H and O–H groups in total. The number of hydrogen-bond donors (Lipinski definition) is 0. The van der Waals surface area contributed by atoms with Crippen LogP contribution in [0.5, 0.6) is 0 Å². The van der Waals surface area contributed by atoms with Gasteiger partial charge in [-0.1, -0.05) is 0 Å². The molecule has 3 heterocycles. The summed E-state index contributed by atoms with van der Waals surface area (Å²) in [5.74, 6) is -0.251. The van der Waals surface area contributed by atoms with E-state index >= 15 is 0 Å². The smallest absolute Gasteiger partial charge is 0.338 e. The number of halogens is 4. The SMILES string of the molecule is Cc1nn(CC(=O)N(C)Cc2c(Br)cnn2C)c2nc(C3CC3)cc(C(F)(F)F)c12. The number of pyridine rings is 1. The Labute approximate surface area is 179 Å². The van der Waals surface area contributed by atoms with Crippen LogP contribution in [0.25, 0.3) is 11.0 Å². The van der Waals surface area contributed by atoms with Gasteiger partial charge in [0.25, 0.3) is 0 Å². The van der Waals surface area contributed by atoms with E-state index in [1.165, 1.54) is 16.5 Å². The summed E-state index contributed by atoms with van der Waals surface area (Å²) < 4.78 is 44.8. The van der Waals surface area contributed by atoms with E-state index in [1.54, 1.807) is 25.0 Å². The minimum absolute atomic E-state index is 0.0414. The van der Waals surface area contributed by atoms with Gasteiger partial charge in [-0.15, -0.1) is 0 Å². The number of carbonyl (C=O) groups is 1. The molecule has 0 bridgehead atoms. The van der Waals surface area contributed by atoms with Gasteiger partial charge in [-0.2, -0.15) is 23.4 Å². The first-order valence-electron chi connectivity index (χ1n) is 9.42. The summed E-state index contributed by atoms with van der Waals surface area (Å²) in [5, 5.41) is 8.29. The highest BCUT2D eigenvalue weighted by atomic mass is 79.9. The number of rotatable bonds is 5. The van der Waals surface area contributed by atoms with Gasteiger partial charge in [0.1, 0.15) is 6.54 Å². The van der Waals surface area contributed by atoms with Crippen LogP contribution in [0.15, 0.2) is 16.7 Å². The average molecular weight is 485 g/mol. The van der Waals surface area contributed by atoms with Gasteiger partial charge in [0.05, 0.1) is 39.6 Å². The number of nitrogens with zero attached hydrogens (tertiary/aromatic N) is 6. The molecule has 1 fully saturated rings. The van der Waals surface area contributed by atoms with Crippen molar-refractivity contribution in [1.29, 1.82) is 0 Å². The molecule has 3 aromatic heterocycles. The van der Waals surface area contributed by atoms with E-state index in [2.05, 4.69) is 31.1 Å². The van der Waals surface area contributed by atoms with Crippen LogP contribution in [0.3, 0.4) is 0 Å². The van der Waals surface area contributed by atoms with Crippen LogP contribution in [0.1, 0.15) is 41.4 Å². The molecule has 0 saturated heterocycles. The first kappa shape index (κ1) is 20.8. The lowest BCUT2D eigenvalue weighted by molar-refractivity contribution is -0.136. The molecule has 0 radical (unpaired) electrons. The Morgan fingerprint density at radius 2 is 2.07 bits per heavy atom. The van der Waals surface area contributed by atoms with Crippen molar-refractivity contribution in [3.8, 4) is 0 Å². The van der Waals surface area contributed by atoms with E-state index in [9.17, 15) is 18.0 Å². The predicted molar refractivity (Wildman–Crippen MR) is 107 cm³/mol. The van der Waals surface area contributed by atoms with Crippen molar-refractivity contribution in [3.05, 3.63) is 39.4 Å². The van der Waals surface area contributed by atoms with Crippen LogP contribution in [-0.4, -0.2) is 42.4 Å². The Morgan fingerprint density at radius 1 is 1.37 bits per heavy atom. The summed E-state index contributed by atoms with van der Waals surface area (Å²) >= 11 is 3.40. The third kappa shape index (κ3) is 3.82. The monoisotopic (exact) mass is 484 g/mol. The molecule has 1 aliphatic carbocycles. The molecule has 1 saturated carbocycles. The third-order valence-electron chi connectivity index (χ3n) is 5.31. The summed E-state index contributed by atoms with van der Waals surface area (Å²) in [6.07, 6.45) is -1.23. The summed E-state index contributed by atoms with van der Waals surface area (Å²) in [6, 6.07) is 1.13. The zero-order valence-electron chi connectivity index (χ0n) is 16.7. The lowest BCUT2D eigenvalue weighted by Crippen LogP contribution is -2.31. The second-order valence-electron chi connectivity index (χ2n) is 7.62. The fraction of sp³-hybridized carbons (Fsp3) is 0.474. The summed E-state index contributed by atoms with van der Waals surface area (Å²) in [4.78, 5) is 18.7. The standard InChI is InChI=1S/C19H20BrF3N6O/c1-10-17-12(19(21,22)23)6-14(11-4-5-11)25-18(17)29(26-10)9-16(30)27(2)8-15-13(20)7-24-28(15)3/h6-7,11H,4-5,8-9H2,1-3H3. The van der Waals surface area contributed by atoms with Crippen LogP contribution in [0.2, 0.25) is 0 Å². The van der Waals surface area contributed by atoms with E-state index in [0.29, 0.717) is 12.2 Å². The van der Waals surface area contributed by atoms with Gasteiger partial charge in [0.2, 0.25) is 5.91 Å². The molecule has 7 nitrogen and oxygen atoms in total. The molecule has 160 valence electrons. The summed E-state index contributed by atoms with van der Waals surface area (Å²) in [6.45, 7) is 1.60. The molecule has 4 rings (SSSR count). The Hall–Kier alpha value is -2.43. The molecule has 0 aromatic carbocycles. The fourth-order valence-corrected chi connectivity index (χ4v) is 3.94. The Kier molecular flexibility index (Phi) is 5.11. The molecule has 0 unspecified atom stereocenters. The van der Waals surface area contributed by atoms with Crippen LogP contribution in [-0.2, 0) is 31.1 Å². The largest absolute Gasteiger partial charge is 0.417 e. The first-order chi connectivity index (χ1) is 14.1. The number of carbonyl (C=O) groups excluding carboxylic acids is 1. The molecular formula is C19H20BrF3N6O. The van der Waals surface area contributed by atoms with Crippen molar-refractivity contribution in [2.24, 2.45) is 7.05 Å². The number of alkyl halides is 3. The molecule has 0 atom stereocenters. The normalized spacial score (nSPS) is 14.5. The van der Waals surface area contributed by atoms with E-state index in [4.69, 9.17) is 0 Å². The average Bonchev–Trinajstić information content (AvgIpc) is 3.42. The van der Waals surface area contributed by atoms with Gasteiger partial charge in [-0.3, -0.25) is 9.48 Å². The fourth-order valence-electron chi connectivity index (χ4n) is 3.47. The first-order valence-corrected chi connectivity index (χ1v) is 10.2. The summed E-state index contributed by atoms with van der Waals surface area (Å²) in [7, 11) is 3.40. The third-order valence-corrected chi connectivity index (χ3v) is 5.97. The van der Waals surface area contributed by atoms with Crippen molar-refractivity contribution < 1.29 is 18.0 Å². The van der Waals surface area contributed by atoms with Gasteiger partial charge < -0.3 is 4.90 Å². The topological polar surface area (TPSA) is 68.8 Å². The van der Waals surface area contributed by atoms with E-state index in [1.807, 2.05) is 0 Å². The maximum Gasteiger partial charge on any atom is 0.417 e. The number of likely N-dealkylation sites (N-methyl/N-ethyl adjacent to an activating group) is 1. The number of fused-ring (bicyclic) bond motifs is 1. The van der Waals surface area contributed by atoms with Crippen molar-refractivity contribution in [1.82, 2.24) is 29.4 Å². The minimum atomic E-state index is -4.52. The highest BCUT2D eigenvalue weighted by Gasteiger charge is 2.37. The number of aryl methyl sites for hydroxylation is 2. The molecule has 0 spiro atoms. The van der Waals surface area contributed by atoms with Crippen LogP contribution in [0.4, 0.5) is 13.2 Å². The predicted octanol–water partition coefficient (Wildman–Crippen LogP) is 3.79. The van der Waals surface area contributed by atoms with Gasteiger partial charge in [-0.05, 0) is 41.8 Å². The molecular weight excluding hydrogens is 465 g/mol. The number of aromatic nitrogens is 5. The van der Waals surface area contributed by atoms with Crippen molar-refractivity contribution in [3.63, 3.8) is 0 Å². The minimum Gasteiger partial charge on any atom is -0.338 e. The van der Waals surface area contributed by atoms with Gasteiger partial charge in [0.15, 0.2) is 5.65 Å². The highest BCUT2D eigenvalue weighted by Crippen LogP contribution is 2.43. The molecule has 3 aromatic rings. The maximum atomic E-state index is 13.7. The van der Waals surface area contributed by atoms with Crippen molar-refractivity contribution in [2.45, 2.75) is 44.9 Å². The van der Waals surface area contributed by atoms with Crippen LogP contribution < -0.4 is 0 Å². The quantitative estimate of drug-likeness (QED) is 0.552. The second-order valence-corrected chi connectivity index (χ2v) is 8.48. The number of hydrogen-bond acceptors (Lipinski definition) is 4. The van der Waals surface area contributed by atoms with E-state index in [0.717, 1.165) is 29.1 Å². The Bertz CT molecular complexity index is 1110. The Morgan fingerprint density at radius 3 is 2.63 bits per heavy atom. The molecule has 11 heteroatoms. The highest BCUT2D eigenvalue weighted by molar-refractivity contribution is 9.10. The lowest BCUT2D eigenvalue weighted by atomic mass is 10.1. The van der Waals surface area contributed by atoms with E-state index in [-0.39, 0.29) is 35.1 Å². The molecule has 1 amide bonds. The zero-order chi connectivity index (χ0) is 21.8. The number of amides is 1. The van der Waals surface area contributed by atoms with Gasteiger partial charge in [-0.25, -0.2) is 9.67 Å². The second kappa shape index (κ2) is 7.36. The van der Waals surface area contributed by atoms with Crippen LogP contribution in [0, 0.1) is 6.92 Å². The zero-order valence-corrected chi connectivity index (χ0v) is 18.2. The summed E-state index contributed by atoms with van der Waals surface area (Å²) in [5.41, 5.74) is 0.791. The Balaban J connectivity index is 1.67. The van der Waals surface area contributed by atoms with Crippen LogP contribution >= 0.6 is 15.9 Å². The van der Waals surface area contributed by atoms with E-state index < -0.39 is 11.7 Å². The van der Waals surface area contributed by atoms with Crippen molar-refractivity contribution in [2.75, 3.05) is 7.05 Å². The lowest BCUT2D eigenvalue weighted by Gasteiger charge is -2.18. The van der Waals surface area contributed by atoms with Gasteiger partial charge >= 0.3 is 6.18 Å². The molecule has 1 aliphatic rings. The molecule has 0 aliphatic heterocycles. The molecule has 30 heavy (non-hydrogen) atoms.